The molecule has 0 bridgehead atoms. The molecule has 9 heteroatoms. The first kappa shape index (κ1) is 27.4. The van der Waals surface area contributed by atoms with Gasteiger partial charge in [-0.25, -0.2) is 19.2 Å². The second-order valence-corrected chi connectivity index (χ2v) is 9.84. The Hall–Kier alpha value is -3.59. The number of carbonyl (C=O) groups is 1. The minimum absolute atomic E-state index is 0.105. The number of anilines is 2. The number of nitrogens with zero attached hydrogens (tertiary/aromatic N) is 3. The maximum absolute atomic E-state index is 14.0. The number of pyridine rings is 2. The first-order valence-corrected chi connectivity index (χ1v) is 13.2. The van der Waals surface area contributed by atoms with Crippen molar-refractivity contribution in [1.82, 2.24) is 9.97 Å². The molecule has 2 aromatic rings. The summed E-state index contributed by atoms with van der Waals surface area (Å²) in [6.07, 6.45) is 7.86. The molecule has 0 unspecified atom stereocenters. The predicted octanol–water partition coefficient (Wildman–Crippen LogP) is 5.90. The number of aromatic nitrogens is 2. The van der Waals surface area contributed by atoms with Gasteiger partial charge < -0.3 is 25.1 Å². The molecule has 0 spiro atoms. The van der Waals surface area contributed by atoms with E-state index in [4.69, 9.17) is 19.9 Å². The Bertz CT molecular complexity index is 1230. The fourth-order valence-corrected chi connectivity index (χ4v) is 4.64. The van der Waals surface area contributed by atoms with Crippen LogP contribution in [0.15, 0.2) is 48.1 Å². The van der Waals surface area contributed by atoms with E-state index in [2.05, 4.69) is 15.2 Å². The average molecular weight is 522 g/mol. The van der Waals surface area contributed by atoms with E-state index in [0.29, 0.717) is 47.2 Å². The van der Waals surface area contributed by atoms with Crippen LogP contribution in [0.5, 0.6) is 0 Å². The summed E-state index contributed by atoms with van der Waals surface area (Å²) in [6.45, 7) is 7.28. The van der Waals surface area contributed by atoms with E-state index in [1.165, 1.54) is 6.08 Å². The molecule has 2 N–H and O–H groups in total. The number of allylic oxidation sites excluding steroid dienone is 3. The second-order valence-electron chi connectivity index (χ2n) is 9.84. The molecule has 1 aliphatic heterocycles. The molecule has 2 aliphatic rings. The van der Waals surface area contributed by atoms with Crippen LogP contribution in [0.25, 0.3) is 11.1 Å². The molecule has 202 valence electrons. The molecule has 0 amide bonds. The zero-order valence-electron chi connectivity index (χ0n) is 22.5. The van der Waals surface area contributed by atoms with E-state index in [9.17, 15) is 9.18 Å². The van der Waals surface area contributed by atoms with Crippen molar-refractivity contribution in [3.8, 4) is 11.1 Å². The van der Waals surface area contributed by atoms with Crippen molar-refractivity contribution in [3.63, 3.8) is 0 Å². The summed E-state index contributed by atoms with van der Waals surface area (Å²) in [4.78, 5) is 24.2. The van der Waals surface area contributed by atoms with Crippen molar-refractivity contribution < 1.29 is 18.7 Å². The van der Waals surface area contributed by atoms with Gasteiger partial charge in [0.15, 0.2) is 5.69 Å². The van der Waals surface area contributed by atoms with E-state index < -0.39 is 5.97 Å². The Labute approximate surface area is 223 Å². The number of hydrogen-bond donors (Lipinski definition) is 2. The third-order valence-electron chi connectivity index (χ3n) is 6.83. The first-order valence-electron chi connectivity index (χ1n) is 13.2. The highest BCUT2D eigenvalue weighted by atomic mass is 19.1. The summed E-state index contributed by atoms with van der Waals surface area (Å²) in [5.41, 5.74) is 2.91. The molecule has 1 fully saturated rings. The molecule has 0 atom stereocenters. The lowest BCUT2D eigenvalue weighted by Crippen LogP contribution is -2.37. The number of carbonyl (C=O) groups excluding carboxylic acids is 1. The van der Waals surface area contributed by atoms with Gasteiger partial charge in [0.1, 0.15) is 17.5 Å². The maximum atomic E-state index is 14.0. The van der Waals surface area contributed by atoms with E-state index in [1.807, 2.05) is 39.1 Å². The van der Waals surface area contributed by atoms with Gasteiger partial charge in [-0.1, -0.05) is 19.9 Å². The lowest BCUT2D eigenvalue weighted by Gasteiger charge is -2.32. The average Bonchev–Trinajstić information content (AvgIpc) is 2.92. The molecular formula is C29H36FN5O3. The normalized spacial score (nSPS) is 16.1. The van der Waals surface area contributed by atoms with Crippen LogP contribution in [-0.4, -0.2) is 54.6 Å². The molecule has 0 aromatic carbocycles. The van der Waals surface area contributed by atoms with Gasteiger partial charge in [0, 0.05) is 61.5 Å². The quantitative estimate of drug-likeness (QED) is 0.313. The maximum Gasteiger partial charge on any atom is 0.357 e. The van der Waals surface area contributed by atoms with E-state index in [-0.39, 0.29) is 24.0 Å². The lowest BCUT2D eigenvalue weighted by molar-refractivity contribution is 0.0519. The van der Waals surface area contributed by atoms with E-state index in [1.54, 1.807) is 19.2 Å². The van der Waals surface area contributed by atoms with Crippen molar-refractivity contribution in [2.75, 3.05) is 37.1 Å². The lowest BCUT2D eigenvalue weighted by atomic mass is 9.92. The van der Waals surface area contributed by atoms with Gasteiger partial charge in [0.2, 0.25) is 0 Å². The van der Waals surface area contributed by atoms with Crippen LogP contribution in [-0.2, 0) is 9.47 Å². The SMILES string of the molecule is CCOC(=O)c1cc(-c2ccc(N(C)C3CCOCC3)nc2)c(C(=N)C(C)C)c(NC2=CCCC(F)=C2)n1. The van der Waals surface area contributed by atoms with Gasteiger partial charge >= 0.3 is 5.97 Å². The van der Waals surface area contributed by atoms with Crippen molar-refractivity contribution in [3.05, 3.63) is 59.3 Å². The van der Waals surface area contributed by atoms with E-state index in [0.717, 1.165) is 37.4 Å². The third-order valence-corrected chi connectivity index (χ3v) is 6.83. The highest BCUT2D eigenvalue weighted by molar-refractivity contribution is 6.10. The molecule has 3 heterocycles. The van der Waals surface area contributed by atoms with Gasteiger partial charge in [0.05, 0.1) is 6.61 Å². The second kappa shape index (κ2) is 12.3. The fraction of sp³-hybridized carbons (Fsp3) is 0.448. The highest BCUT2D eigenvalue weighted by Gasteiger charge is 2.25. The van der Waals surface area contributed by atoms with Crippen LogP contribution in [0.1, 0.15) is 62.5 Å². The summed E-state index contributed by atoms with van der Waals surface area (Å²) in [5, 5.41) is 12.1. The van der Waals surface area contributed by atoms with Crippen LogP contribution in [0, 0.1) is 11.3 Å². The molecule has 8 nitrogen and oxygen atoms in total. The summed E-state index contributed by atoms with van der Waals surface area (Å²) >= 11 is 0. The predicted molar refractivity (Wildman–Crippen MR) is 147 cm³/mol. The molecule has 38 heavy (non-hydrogen) atoms. The fourth-order valence-electron chi connectivity index (χ4n) is 4.64. The van der Waals surface area contributed by atoms with Crippen LogP contribution in [0.3, 0.4) is 0 Å². The van der Waals surface area contributed by atoms with Crippen LogP contribution < -0.4 is 10.2 Å². The van der Waals surface area contributed by atoms with Gasteiger partial charge in [-0.3, -0.25) is 0 Å². The van der Waals surface area contributed by atoms with Gasteiger partial charge in [-0.15, -0.1) is 0 Å². The molecule has 0 saturated carbocycles. The third kappa shape index (κ3) is 6.27. The van der Waals surface area contributed by atoms with Crippen molar-refractivity contribution >= 4 is 23.3 Å². The first-order chi connectivity index (χ1) is 18.3. The topological polar surface area (TPSA) is 100 Å². The Balaban J connectivity index is 1.80. The number of nitrogens with one attached hydrogen (secondary N) is 2. The summed E-state index contributed by atoms with van der Waals surface area (Å²) in [5.74, 6) is 0.231. The Morgan fingerprint density at radius 2 is 2.08 bits per heavy atom. The molecular weight excluding hydrogens is 485 g/mol. The number of esters is 1. The molecule has 1 aliphatic carbocycles. The molecule has 2 aromatic heterocycles. The molecule has 1 saturated heterocycles. The van der Waals surface area contributed by atoms with Crippen molar-refractivity contribution in [1.29, 1.82) is 5.41 Å². The smallest absolute Gasteiger partial charge is 0.357 e. The molecule has 4 rings (SSSR count). The number of halogens is 1. The van der Waals surface area contributed by atoms with Crippen LogP contribution in [0.4, 0.5) is 16.0 Å². The zero-order chi connectivity index (χ0) is 27.2. The highest BCUT2D eigenvalue weighted by Crippen LogP contribution is 2.34. The minimum Gasteiger partial charge on any atom is -0.461 e. The Morgan fingerprint density at radius 1 is 1.32 bits per heavy atom. The number of ether oxygens (including phenoxy) is 2. The standard InChI is InChI=1S/C29H36FN5O3/c1-5-38-29(36)24-16-23(19-9-10-25(32-17-19)35(4)22-11-13-37-14-12-22)26(27(31)18(2)3)28(34-24)33-21-8-6-7-20(30)15-21/h8-10,15-18,22,31H,5-7,11-14H2,1-4H3,(H,33,34). The van der Waals surface area contributed by atoms with Crippen molar-refractivity contribution in [2.45, 2.75) is 52.5 Å². The monoisotopic (exact) mass is 521 g/mol. The van der Waals surface area contributed by atoms with E-state index >= 15 is 0 Å². The minimum atomic E-state index is -0.567. The Kier molecular flexibility index (Phi) is 8.89. The largest absolute Gasteiger partial charge is 0.461 e. The molecule has 0 radical (unpaired) electrons. The zero-order valence-corrected chi connectivity index (χ0v) is 22.5. The number of rotatable bonds is 9. The summed E-state index contributed by atoms with van der Waals surface area (Å²) in [6, 6.07) is 5.91. The van der Waals surface area contributed by atoms with Gasteiger partial charge in [0.25, 0.3) is 0 Å². The van der Waals surface area contributed by atoms with Crippen LogP contribution in [0.2, 0.25) is 0 Å². The van der Waals surface area contributed by atoms with Gasteiger partial charge in [-0.05, 0) is 61.9 Å². The Morgan fingerprint density at radius 3 is 2.71 bits per heavy atom. The number of hydrogen-bond acceptors (Lipinski definition) is 8. The van der Waals surface area contributed by atoms with Crippen LogP contribution >= 0.6 is 0 Å². The van der Waals surface area contributed by atoms with Crippen molar-refractivity contribution in [2.24, 2.45) is 5.92 Å². The van der Waals surface area contributed by atoms with Gasteiger partial charge in [-0.2, -0.15) is 0 Å². The summed E-state index contributed by atoms with van der Waals surface area (Å²) in [7, 11) is 2.04. The summed E-state index contributed by atoms with van der Waals surface area (Å²) < 4.78 is 24.8.